The van der Waals surface area contributed by atoms with Crippen molar-refractivity contribution in [3.8, 4) is 0 Å². The summed E-state index contributed by atoms with van der Waals surface area (Å²) < 4.78 is 4.96. The summed E-state index contributed by atoms with van der Waals surface area (Å²) in [6, 6.07) is 9.48. The second kappa shape index (κ2) is 5.34. The molecule has 1 aromatic carbocycles. The normalized spacial score (nSPS) is 10.2. The van der Waals surface area contributed by atoms with Crippen LogP contribution in [0.3, 0.4) is 0 Å². The standard InChI is InChI=1S/C14H15NO2/c1-11-4-2-3-5-13(11)14(16)15-8-6-12-7-9-17-10-12/h2-5,7,9-10H,6,8H2,1H3,(H,15,16). The number of carbonyl (C=O) groups excluding carboxylic acids is 1. The molecule has 0 bridgehead atoms. The molecule has 0 aliphatic heterocycles. The summed E-state index contributed by atoms with van der Waals surface area (Å²) in [4.78, 5) is 11.9. The van der Waals surface area contributed by atoms with Crippen molar-refractivity contribution in [3.05, 3.63) is 59.5 Å². The zero-order valence-electron chi connectivity index (χ0n) is 9.77. The highest BCUT2D eigenvalue weighted by atomic mass is 16.3. The summed E-state index contributed by atoms with van der Waals surface area (Å²) in [6.07, 6.45) is 4.12. The minimum absolute atomic E-state index is 0.0217. The molecule has 0 fully saturated rings. The zero-order chi connectivity index (χ0) is 12.1. The molecule has 88 valence electrons. The fraction of sp³-hybridized carbons (Fsp3) is 0.214. The average molecular weight is 229 g/mol. The SMILES string of the molecule is Cc1ccccc1C(=O)NCCc1ccoc1. The molecule has 0 aliphatic rings. The van der Waals surface area contributed by atoms with Crippen molar-refractivity contribution in [1.82, 2.24) is 5.32 Å². The number of rotatable bonds is 4. The predicted molar refractivity (Wildman–Crippen MR) is 65.9 cm³/mol. The Morgan fingerprint density at radius 2 is 2.12 bits per heavy atom. The average Bonchev–Trinajstić information content (AvgIpc) is 2.82. The second-order valence-electron chi connectivity index (χ2n) is 3.95. The van der Waals surface area contributed by atoms with Crippen LogP contribution in [0, 0.1) is 6.92 Å². The molecule has 3 heteroatoms. The summed E-state index contributed by atoms with van der Waals surface area (Å²) in [6.45, 7) is 2.55. The largest absolute Gasteiger partial charge is 0.472 e. The number of hydrogen-bond donors (Lipinski definition) is 1. The number of hydrogen-bond acceptors (Lipinski definition) is 2. The molecule has 2 rings (SSSR count). The number of benzene rings is 1. The maximum absolute atomic E-state index is 11.9. The van der Waals surface area contributed by atoms with Crippen LogP contribution in [0.25, 0.3) is 0 Å². The Kier molecular flexibility index (Phi) is 3.60. The zero-order valence-corrected chi connectivity index (χ0v) is 9.77. The van der Waals surface area contributed by atoms with Crippen LogP contribution < -0.4 is 5.32 Å². The molecular formula is C14H15NO2. The molecule has 3 nitrogen and oxygen atoms in total. The van der Waals surface area contributed by atoms with Gasteiger partial charge in [-0.15, -0.1) is 0 Å². The third kappa shape index (κ3) is 2.97. The summed E-state index contributed by atoms with van der Waals surface area (Å²) >= 11 is 0. The van der Waals surface area contributed by atoms with Crippen molar-refractivity contribution in [2.75, 3.05) is 6.54 Å². The fourth-order valence-electron chi connectivity index (χ4n) is 1.68. The molecule has 0 saturated carbocycles. The first kappa shape index (κ1) is 11.5. The first-order valence-corrected chi connectivity index (χ1v) is 5.62. The Morgan fingerprint density at radius 3 is 2.82 bits per heavy atom. The van der Waals surface area contributed by atoms with E-state index in [4.69, 9.17) is 4.42 Å². The highest BCUT2D eigenvalue weighted by Gasteiger charge is 2.06. The van der Waals surface area contributed by atoms with Crippen LogP contribution in [0.15, 0.2) is 47.3 Å². The molecular weight excluding hydrogens is 214 g/mol. The van der Waals surface area contributed by atoms with E-state index >= 15 is 0 Å². The molecule has 1 aromatic heterocycles. The molecule has 1 amide bonds. The van der Waals surface area contributed by atoms with Gasteiger partial charge in [-0.2, -0.15) is 0 Å². The topological polar surface area (TPSA) is 42.2 Å². The number of aryl methyl sites for hydroxylation is 1. The third-order valence-electron chi connectivity index (χ3n) is 2.67. The summed E-state index contributed by atoms with van der Waals surface area (Å²) in [7, 11) is 0. The van der Waals surface area contributed by atoms with Crippen molar-refractivity contribution in [2.24, 2.45) is 0 Å². The van der Waals surface area contributed by atoms with Crippen molar-refractivity contribution in [1.29, 1.82) is 0 Å². The molecule has 0 atom stereocenters. The Hall–Kier alpha value is -2.03. The van der Waals surface area contributed by atoms with Gasteiger partial charge in [0, 0.05) is 12.1 Å². The number of amides is 1. The molecule has 2 aromatic rings. The first-order valence-electron chi connectivity index (χ1n) is 5.62. The van der Waals surface area contributed by atoms with Crippen LogP contribution in [-0.4, -0.2) is 12.5 Å². The van der Waals surface area contributed by atoms with Crippen molar-refractivity contribution in [2.45, 2.75) is 13.3 Å². The maximum Gasteiger partial charge on any atom is 0.251 e. The summed E-state index contributed by atoms with van der Waals surface area (Å²) in [5.41, 5.74) is 2.82. The van der Waals surface area contributed by atoms with Gasteiger partial charge >= 0.3 is 0 Å². The number of nitrogens with one attached hydrogen (secondary N) is 1. The van der Waals surface area contributed by atoms with Gasteiger partial charge in [0.15, 0.2) is 0 Å². The number of furan rings is 1. The second-order valence-corrected chi connectivity index (χ2v) is 3.95. The monoisotopic (exact) mass is 229 g/mol. The van der Waals surface area contributed by atoms with Gasteiger partial charge in [0.25, 0.3) is 5.91 Å². The van der Waals surface area contributed by atoms with Gasteiger partial charge in [-0.1, -0.05) is 18.2 Å². The lowest BCUT2D eigenvalue weighted by Crippen LogP contribution is -2.26. The van der Waals surface area contributed by atoms with E-state index in [9.17, 15) is 4.79 Å². The quantitative estimate of drug-likeness (QED) is 0.875. The Bertz CT molecular complexity index is 489. The molecule has 0 unspecified atom stereocenters. The van der Waals surface area contributed by atoms with E-state index in [1.165, 1.54) is 0 Å². The first-order chi connectivity index (χ1) is 8.27. The van der Waals surface area contributed by atoms with Crippen LogP contribution in [0.2, 0.25) is 0 Å². The smallest absolute Gasteiger partial charge is 0.251 e. The minimum Gasteiger partial charge on any atom is -0.472 e. The molecule has 0 radical (unpaired) electrons. The van der Waals surface area contributed by atoms with E-state index in [1.54, 1.807) is 12.5 Å². The van der Waals surface area contributed by atoms with E-state index in [0.717, 1.165) is 23.1 Å². The Balaban J connectivity index is 1.88. The van der Waals surface area contributed by atoms with Gasteiger partial charge in [0.05, 0.1) is 12.5 Å². The molecule has 1 N–H and O–H groups in total. The van der Waals surface area contributed by atoms with Gasteiger partial charge in [-0.3, -0.25) is 4.79 Å². The minimum atomic E-state index is -0.0217. The third-order valence-corrected chi connectivity index (χ3v) is 2.67. The van der Waals surface area contributed by atoms with E-state index in [0.29, 0.717) is 6.54 Å². The van der Waals surface area contributed by atoms with Crippen LogP contribution in [0.4, 0.5) is 0 Å². The van der Waals surface area contributed by atoms with Crippen molar-refractivity contribution >= 4 is 5.91 Å². The number of carbonyl (C=O) groups is 1. The van der Waals surface area contributed by atoms with Gasteiger partial charge < -0.3 is 9.73 Å². The predicted octanol–water partition coefficient (Wildman–Crippen LogP) is 2.56. The maximum atomic E-state index is 11.9. The highest BCUT2D eigenvalue weighted by Crippen LogP contribution is 2.06. The van der Waals surface area contributed by atoms with Crippen LogP contribution in [-0.2, 0) is 6.42 Å². The van der Waals surface area contributed by atoms with Gasteiger partial charge in [-0.05, 0) is 36.6 Å². The molecule has 17 heavy (non-hydrogen) atoms. The van der Waals surface area contributed by atoms with Crippen molar-refractivity contribution < 1.29 is 9.21 Å². The van der Waals surface area contributed by atoms with Crippen molar-refractivity contribution in [3.63, 3.8) is 0 Å². The lowest BCUT2D eigenvalue weighted by atomic mass is 10.1. The van der Waals surface area contributed by atoms with Gasteiger partial charge in [0.2, 0.25) is 0 Å². The molecule has 0 spiro atoms. The highest BCUT2D eigenvalue weighted by molar-refractivity contribution is 5.95. The van der Waals surface area contributed by atoms with E-state index in [2.05, 4.69) is 5.32 Å². The molecule has 1 heterocycles. The van der Waals surface area contributed by atoms with E-state index < -0.39 is 0 Å². The lowest BCUT2D eigenvalue weighted by Gasteiger charge is -2.06. The summed E-state index contributed by atoms with van der Waals surface area (Å²) in [5, 5.41) is 2.90. The Morgan fingerprint density at radius 1 is 1.29 bits per heavy atom. The summed E-state index contributed by atoms with van der Waals surface area (Å²) in [5.74, 6) is -0.0217. The van der Waals surface area contributed by atoms with Gasteiger partial charge in [-0.25, -0.2) is 0 Å². The Labute approximate surface area is 100 Å². The fourth-order valence-corrected chi connectivity index (χ4v) is 1.68. The van der Waals surface area contributed by atoms with Crippen LogP contribution in [0.5, 0.6) is 0 Å². The van der Waals surface area contributed by atoms with Crippen LogP contribution >= 0.6 is 0 Å². The van der Waals surface area contributed by atoms with E-state index in [-0.39, 0.29) is 5.91 Å². The molecule has 0 aliphatic carbocycles. The lowest BCUT2D eigenvalue weighted by molar-refractivity contribution is 0.0953. The molecule has 0 saturated heterocycles. The van der Waals surface area contributed by atoms with Crippen LogP contribution in [0.1, 0.15) is 21.5 Å². The van der Waals surface area contributed by atoms with Gasteiger partial charge in [0.1, 0.15) is 0 Å². The van der Waals surface area contributed by atoms with E-state index in [1.807, 2.05) is 37.3 Å².